The number of anilines is 1. The predicted molar refractivity (Wildman–Crippen MR) is 114 cm³/mol. The Kier molecular flexibility index (Phi) is 6.38. The molecule has 6 nitrogen and oxygen atoms in total. The topological polar surface area (TPSA) is 63.3 Å². The van der Waals surface area contributed by atoms with Gasteiger partial charge in [-0.25, -0.2) is 4.68 Å². The molecule has 0 aromatic carbocycles. The molecule has 158 valence electrons. The summed E-state index contributed by atoms with van der Waals surface area (Å²) in [5, 5.41) is 7.67. The molecule has 0 radical (unpaired) electrons. The first-order valence-corrected chi connectivity index (χ1v) is 11.2. The molecule has 1 unspecified atom stereocenters. The van der Waals surface area contributed by atoms with Crippen molar-refractivity contribution < 1.29 is 9.21 Å². The van der Waals surface area contributed by atoms with Crippen LogP contribution >= 0.6 is 0 Å². The molecule has 2 fully saturated rings. The monoisotopic (exact) mass is 398 g/mol. The SMILES string of the molecule is Cc1ccc(C(C)CCN2CCC(n3nccc3NC(=O)C3CCCC3)CC2)o1. The number of aryl methyl sites for hydroxylation is 1. The minimum Gasteiger partial charge on any atom is -0.466 e. The minimum absolute atomic E-state index is 0.170. The van der Waals surface area contributed by atoms with Gasteiger partial charge < -0.3 is 14.6 Å². The van der Waals surface area contributed by atoms with E-state index in [-0.39, 0.29) is 11.8 Å². The molecule has 2 aliphatic rings. The first kappa shape index (κ1) is 20.2. The average Bonchev–Trinajstić information content (AvgIpc) is 3.48. The van der Waals surface area contributed by atoms with Gasteiger partial charge in [0.15, 0.2) is 0 Å². The average molecular weight is 399 g/mol. The highest BCUT2D eigenvalue weighted by atomic mass is 16.3. The van der Waals surface area contributed by atoms with E-state index < -0.39 is 0 Å². The van der Waals surface area contributed by atoms with Gasteiger partial charge in [0.25, 0.3) is 0 Å². The maximum absolute atomic E-state index is 12.5. The van der Waals surface area contributed by atoms with E-state index in [4.69, 9.17) is 4.42 Å². The number of hydrogen-bond donors (Lipinski definition) is 1. The fraction of sp³-hybridized carbons (Fsp3) is 0.652. The van der Waals surface area contributed by atoms with Crippen molar-refractivity contribution in [1.29, 1.82) is 0 Å². The van der Waals surface area contributed by atoms with Crippen molar-refractivity contribution in [2.75, 3.05) is 25.0 Å². The van der Waals surface area contributed by atoms with Gasteiger partial charge in [-0.3, -0.25) is 4.79 Å². The Bertz CT molecular complexity index is 797. The molecule has 2 aromatic heterocycles. The van der Waals surface area contributed by atoms with Crippen LogP contribution in [0.3, 0.4) is 0 Å². The molecule has 1 amide bonds. The first-order valence-electron chi connectivity index (χ1n) is 11.2. The fourth-order valence-corrected chi connectivity index (χ4v) is 4.74. The molecule has 0 spiro atoms. The van der Waals surface area contributed by atoms with Gasteiger partial charge in [-0.05, 0) is 57.7 Å². The Morgan fingerprint density at radius 1 is 1.21 bits per heavy atom. The van der Waals surface area contributed by atoms with Crippen LogP contribution in [0.5, 0.6) is 0 Å². The molecule has 1 saturated heterocycles. The Hall–Kier alpha value is -2.08. The summed E-state index contributed by atoms with van der Waals surface area (Å²) in [6.45, 7) is 7.49. The molecule has 1 aliphatic carbocycles. The molecule has 1 aliphatic heterocycles. The van der Waals surface area contributed by atoms with Crippen molar-refractivity contribution >= 4 is 11.7 Å². The molecular weight excluding hydrogens is 364 g/mol. The zero-order valence-electron chi connectivity index (χ0n) is 17.8. The van der Waals surface area contributed by atoms with E-state index in [9.17, 15) is 4.79 Å². The highest BCUT2D eigenvalue weighted by Crippen LogP contribution is 2.29. The lowest BCUT2D eigenvalue weighted by atomic mass is 10.0. The van der Waals surface area contributed by atoms with Gasteiger partial charge in [0, 0.05) is 31.0 Å². The number of hydrogen-bond acceptors (Lipinski definition) is 4. The van der Waals surface area contributed by atoms with Crippen molar-refractivity contribution in [3.63, 3.8) is 0 Å². The van der Waals surface area contributed by atoms with Crippen LogP contribution < -0.4 is 5.32 Å². The van der Waals surface area contributed by atoms with Gasteiger partial charge in [0.2, 0.25) is 5.91 Å². The summed E-state index contributed by atoms with van der Waals surface area (Å²) in [4.78, 5) is 15.0. The summed E-state index contributed by atoms with van der Waals surface area (Å²) in [5.74, 6) is 3.75. The van der Waals surface area contributed by atoms with E-state index in [2.05, 4.69) is 28.3 Å². The quantitative estimate of drug-likeness (QED) is 0.731. The summed E-state index contributed by atoms with van der Waals surface area (Å²) in [6, 6.07) is 6.45. The Morgan fingerprint density at radius 2 is 1.97 bits per heavy atom. The predicted octanol–water partition coefficient (Wildman–Crippen LogP) is 4.74. The van der Waals surface area contributed by atoms with Crippen LogP contribution in [0.2, 0.25) is 0 Å². The van der Waals surface area contributed by atoms with Gasteiger partial charge in [-0.2, -0.15) is 5.10 Å². The zero-order valence-corrected chi connectivity index (χ0v) is 17.8. The first-order chi connectivity index (χ1) is 14.1. The maximum Gasteiger partial charge on any atom is 0.228 e. The maximum atomic E-state index is 12.5. The largest absolute Gasteiger partial charge is 0.466 e. The van der Waals surface area contributed by atoms with Crippen LogP contribution in [0.4, 0.5) is 5.82 Å². The third-order valence-corrected chi connectivity index (χ3v) is 6.68. The lowest BCUT2D eigenvalue weighted by molar-refractivity contribution is -0.119. The summed E-state index contributed by atoms with van der Waals surface area (Å²) in [5.41, 5.74) is 0. The molecule has 1 saturated carbocycles. The summed E-state index contributed by atoms with van der Waals surface area (Å²) < 4.78 is 7.81. The number of amides is 1. The summed E-state index contributed by atoms with van der Waals surface area (Å²) in [6.07, 6.45) is 9.46. The molecule has 0 bridgehead atoms. The number of rotatable bonds is 7. The van der Waals surface area contributed by atoms with Gasteiger partial charge in [-0.1, -0.05) is 19.8 Å². The second-order valence-electron chi connectivity index (χ2n) is 8.84. The number of aromatic nitrogens is 2. The Balaban J connectivity index is 1.25. The normalized spacial score (nSPS) is 20.2. The Morgan fingerprint density at radius 3 is 2.66 bits per heavy atom. The van der Waals surface area contributed by atoms with Crippen molar-refractivity contribution in [3.8, 4) is 0 Å². The van der Waals surface area contributed by atoms with E-state index in [1.807, 2.05) is 29.9 Å². The smallest absolute Gasteiger partial charge is 0.228 e. The summed E-state index contributed by atoms with van der Waals surface area (Å²) >= 11 is 0. The van der Waals surface area contributed by atoms with E-state index in [0.29, 0.717) is 12.0 Å². The fourth-order valence-electron chi connectivity index (χ4n) is 4.74. The number of nitrogens with one attached hydrogen (secondary N) is 1. The summed E-state index contributed by atoms with van der Waals surface area (Å²) in [7, 11) is 0. The lowest BCUT2D eigenvalue weighted by Gasteiger charge is -2.33. The standard InChI is InChI=1S/C23H34N4O2/c1-17(21-8-7-18(2)29-21)10-14-26-15-11-20(12-16-26)27-22(9-13-24-27)25-23(28)19-5-3-4-6-19/h7-9,13,17,19-20H,3-6,10-12,14-16H2,1-2H3,(H,25,28). The molecule has 2 aromatic rings. The van der Waals surface area contributed by atoms with Gasteiger partial charge >= 0.3 is 0 Å². The third-order valence-electron chi connectivity index (χ3n) is 6.68. The molecule has 1 N–H and O–H groups in total. The lowest BCUT2D eigenvalue weighted by Crippen LogP contribution is -2.36. The van der Waals surface area contributed by atoms with Gasteiger partial charge in [0.1, 0.15) is 17.3 Å². The van der Waals surface area contributed by atoms with Gasteiger partial charge in [0.05, 0.1) is 12.2 Å². The van der Waals surface area contributed by atoms with Gasteiger partial charge in [-0.15, -0.1) is 0 Å². The molecule has 29 heavy (non-hydrogen) atoms. The number of carbonyl (C=O) groups is 1. The molecule has 6 heteroatoms. The zero-order chi connectivity index (χ0) is 20.2. The van der Waals surface area contributed by atoms with Crippen molar-refractivity contribution in [3.05, 3.63) is 35.9 Å². The third kappa shape index (κ3) is 4.92. The van der Waals surface area contributed by atoms with Crippen LogP contribution in [-0.2, 0) is 4.79 Å². The second kappa shape index (κ2) is 9.16. The number of piperidine rings is 1. The number of furan rings is 1. The van der Waals surface area contributed by atoms with Crippen LogP contribution in [0.25, 0.3) is 0 Å². The van der Waals surface area contributed by atoms with Crippen molar-refractivity contribution in [2.24, 2.45) is 5.92 Å². The molecule has 4 rings (SSSR count). The number of carbonyl (C=O) groups excluding carboxylic acids is 1. The van der Waals surface area contributed by atoms with E-state index in [1.54, 1.807) is 0 Å². The highest BCUT2D eigenvalue weighted by Gasteiger charge is 2.26. The molecular formula is C23H34N4O2. The van der Waals surface area contributed by atoms with Crippen molar-refractivity contribution in [1.82, 2.24) is 14.7 Å². The Labute approximate surface area is 173 Å². The second-order valence-corrected chi connectivity index (χ2v) is 8.84. The van der Waals surface area contributed by atoms with Crippen LogP contribution in [0.1, 0.15) is 75.3 Å². The molecule has 3 heterocycles. The number of likely N-dealkylation sites (tertiary alicyclic amines) is 1. The number of nitrogens with zero attached hydrogens (tertiary/aromatic N) is 3. The minimum atomic E-state index is 0.170. The van der Waals surface area contributed by atoms with E-state index >= 15 is 0 Å². The van der Waals surface area contributed by atoms with E-state index in [0.717, 1.165) is 69.1 Å². The molecule has 1 atom stereocenters. The van der Waals surface area contributed by atoms with E-state index in [1.165, 1.54) is 12.8 Å². The van der Waals surface area contributed by atoms with Crippen LogP contribution in [0, 0.1) is 12.8 Å². The van der Waals surface area contributed by atoms with Crippen LogP contribution in [-0.4, -0.2) is 40.2 Å². The van der Waals surface area contributed by atoms with Crippen LogP contribution in [0.15, 0.2) is 28.8 Å². The van der Waals surface area contributed by atoms with Crippen molar-refractivity contribution in [2.45, 2.75) is 70.8 Å². The highest BCUT2D eigenvalue weighted by molar-refractivity contribution is 5.91.